The molecule has 0 bridgehead atoms. The molecule has 1 aliphatic carbocycles. The number of amides is 1. The Kier molecular flexibility index (Phi) is 4.25. The maximum Gasteiger partial charge on any atom is 0.253 e. The first-order valence-corrected chi connectivity index (χ1v) is 6.74. The monoisotopic (exact) mass is 266 g/mol. The normalized spacial score (nSPS) is 23.7. The highest BCUT2D eigenvalue weighted by molar-refractivity contribution is 6.30. The van der Waals surface area contributed by atoms with Gasteiger partial charge in [0.2, 0.25) is 0 Å². The van der Waals surface area contributed by atoms with Crippen LogP contribution in [0.15, 0.2) is 24.3 Å². The minimum atomic E-state index is 0.0398. The topological polar surface area (TPSA) is 46.3 Å². The quantitative estimate of drug-likeness (QED) is 0.895. The first-order chi connectivity index (χ1) is 8.58. The van der Waals surface area contributed by atoms with Crippen LogP contribution in [0.3, 0.4) is 0 Å². The van der Waals surface area contributed by atoms with Crippen LogP contribution in [0.25, 0.3) is 0 Å². The molecule has 1 saturated carbocycles. The van der Waals surface area contributed by atoms with Crippen LogP contribution >= 0.6 is 11.6 Å². The average molecular weight is 267 g/mol. The second-order valence-corrected chi connectivity index (χ2v) is 5.43. The van der Waals surface area contributed by atoms with Gasteiger partial charge in [-0.2, -0.15) is 0 Å². The molecule has 0 spiro atoms. The summed E-state index contributed by atoms with van der Waals surface area (Å²) in [6.07, 6.45) is 3.98. The van der Waals surface area contributed by atoms with Crippen molar-refractivity contribution >= 4 is 17.5 Å². The van der Waals surface area contributed by atoms with Crippen molar-refractivity contribution in [2.24, 2.45) is 5.73 Å². The number of carbonyl (C=O) groups excluding carboxylic acids is 1. The molecular formula is C14H19ClN2O. The van der Waals surface area contributed by atoms with Gasteiger partial charge < -0.3 is 10.6 Å². The third-order valence-corrected chi connectivity index (χ3v) is 3.92. The lowest BCUT2D eigenvalue weighted by molar-refractivity contribution is 0.0690. The summed E-state index contributed by atoms with van der Waals surface area (Å²) in [5, 5.41) is 0.597. The molecule has 0 atom stereocenters. The van der Waals surface area contributed by atoms with E-state index in [9.17, 15) is 4.79 Å². The van der Waals surface area contributed by atoms with Crippen LogP contribution in [-0.4, -0.2) is 29.9 Å². The standard InChI is InChI=1S/C14H19ClN2O/c1-17(13-7-5-12(16)6-8-13)14(18)10-3-2-4-11(15)9-10/h2-4,9,12-13H,5-8,16H2,1H3. The highest BCUT2D eigenvalue weighted by atomic mass is 35.5. The van der Waals surface area contributed by atoms with Gasteiger partial charge in [-0.3, -0.25) is 4.79 Å². The van der Waals surface area contributed by atoms with Gasteiger partial charge in [0.1, 0.15) is 0 Å². The molecule has 0 aliphatic heterocycles. The molecule has 0 aromatic heterocycles. The van der Waals surface area contributed by atoms with Crippen molar-refractivity contribution in [1.82, 2.24) is 4.90 Å². The van der Waals surface area contributed by atoms with Crippen molar-refractivity contribution in [1.29, 1.82) is 0 Å². The summed E-state index contributed by atoms with van der Waals surface area (Å²) in [7, 11) is 1.87. The molecular weight excluding hydrogens is 248 g/mol. The van der Waals surface area contributed by atoms with Crippen LogP contribution in [0.4, 0.5) is 0 Å². The number of carbonyl (C=O) groups is 1. The van der Waals surface area contributed by atoms with E-state index in [1.807, 2.05) is 11.9 Å². The zero-order valence-electron chi connectivity index (χ0n) is 10.6. The number of hydrogen-bond acceptors (Lipinski definition) is 2. The van der Waals surface area contributed by atoms with Crippen LogP contribution in [0.5, 0.6) is 0 Å². The summed E-state index contributed by atoms with van der Waals surface area (Å²) in [4.78, 5) is 14.1. The summed E-state index contributed by atoms with van der Waals surface area (Å²) < 4.78 is 0. The van der Waals surface area contributed by atoms with Gasteiger partial charge in [-0.25, -0.2) is 0 Å². The number of nitrogens with zero attached hydrogens (tertiary/aromatic N) is 1. The Balaban J connectivity index is 2.04. The van der Waals surface area contributed by atoms with E-state index in [-0.39, 0.29) is 5.91 Å². The van der Waals surface area contributed by atoms with E-state index in [0.29, 0.717) is 22.7 Å². The largest absolute Gasteiger partial charge is 0.339 e. The Morgan fingerprint density at radius 3 is 2.61 bits per heavy atom. The summed E-state index contributed by atoms with van der Waals surface area (Å²) in [6.45, 7) is 0. The minimum Gasteiger partial charge on any atom is -0.339 e. The van der Waals surface area contributed by atoms with Crippen molar-refractivity contribution in [3.63, 3.8) is 0 Å². The fourth-order valence-corrected chi connectivity index (χ4v) is 2.67. The van der Waals surface area contributed by atoms with Crippen molar-refractivity contribution in [3.8, 4) is 0 Å². The molecule has 1 aromatic rings. The smallest absolute Gasteiger partial charge is 0.253 e. The molecule has 0 unspecified atom stereocenters. The van der Waals surface area contributed by atoms with Crippen molar-refractivity contribution < 1.29 is 4.79 Å². The van der Waals surface area contributed by atoms with Crippen LogP contribution < -0.4 is 5.73 Å². The average Bonchev–Trinajstić information content (AvgIpc) is 2.38. The summed E-state index contributed by atoms with van der Waals surface area (Å²) in [5.41, 5.74) is 6.54. The molecule has 0 heterocycles. The predicted molar refractivity (Wildman–Crippen MR) is 73.8 cm³/mol. The van der Waals surface area contributed by atoms with E-state index in [0.717, 1.165) is 25.7 Å². The SMILES string of the molecule is CN(C(=O)c1cccc(Cl)c1)C1CCC(N)CC1. The van der Waals surface area contributed by atoms with Crippen LogP contribution in [0.1, 0.15) is 36.0 Å². The maximum absolute atomic E-state index is 12.3. The fourth-order valence-electron chi connectivity index (χ4n) is 2.48. The third kappa shape index (κ3) is 3.03. The lowest BCUT2D eigenvalue weighted by Gasteiger charge is -2.33. The van der Waals surface area contributed by atoms with Gasteiger partial charge in [0.05, 0.1) is 0 Å². The molecule has 1 aliphatic rings. The summed E-state index contributed by atoms with van der Waals surface area (Å²) >= 11 is 5.91. The molecule has 3 nitrogen and oxygen atoms in total. The maximum atomic E-state index is 12.3. The molecule has 0 radical (unpaired) electrons. The van der Waals surface area contributed by atoms with Gasteiger partial charge in [-0.15, -0.1) is 0 Å². The van der Waals surface area contributed by atoms with Crippen LogP contribution in [-0.2, 0) is 0 Å². The second kappa shape index (κ2) is 5.72. The molecule has 1 amide bonds. The van der Waals surface area contributed by atoms with Crippen molar-refractivity contribution in [2.45, 2.75) is 37.8 Å². The van der Waals surface area contributed by atoms with E-state index in [1.54, 1.807) is 24.3 Å². The van der Waals surface area contributed by atoms with Crippen LogP contribution in [0, 0.1) is 0 Å². The Bertz CT molecular complexity index is 428. The molecule has 0 saturated heterocycles. The number of benzene rings is 1. The Hall–Kier alpha value is -1.06. The van der Waals surface area contributed by atoms with Gasteiger partial charge >= 0.3 is 0 Å². The number of nitrogens with two attached hydrogens (primary N) is 1. The lowest BCUT2D eigenvalue weighted by atomic mass is 9.90. The molecule has 4 heteroatoms. The highest BCUT2D eigenvalue weighted by Gasteiger charge is 2.25. The van der Waals surface area contributed by atoms with Gasteiger partial charge in [0, 0.05) is 29.7 Å². The predicted octanol–water partition coefficient (Wildman–Crippen LogP) is 2.68. The Labute approximate surface area is 113 Å². The van der Waals surface area contributed by atoms with E-state index in [1.165, 1.54) is 0 Å². The highest BCUT2D eigenvalue weighted by Crippen LogP contribution is 2.23. The number of hydrogen-bond donors (Lipinski definition) is 1. The lowest BCUT2D eigenvalue weighted by Crippen LogP contribution is -2.41. The van der Waals surface area contributed by atoms with E-state index < -0.39 is 0 Å². The zero-order valence-corrected chi connectivity index (χ0v) is 11.4. The van der Waals surface area contributed by atoms with Crippen molar-refractivity contribution in [3.05, 3.63) is 34.9 Å². The summed E-state index contributed by atoms with van der Waals surface area (Å²) in [5.74, 6) is 0.0398. The molecule has 2 rings (SSSR count). The van der Waals surface area contributed by atoms with E-state index >= 15 is 0 Å². The first kappa shape index (κ1) is 13.4. The minimum absolute atomic E-state index is 0.0398. The third-order valence-electron chi connectivity index (χ3n) is 3.68. The molecule has 1 aromatic carbocycles. The Morgan fingerprint density at radius 1 is 1.33 bits per heavy atom. The van der Waals surface area contributed by atoms with E-state index in [4.69, 9.17) is 17.3 Å². The molecule has 98 valence electrons. The molecule has 2 N–H and O–H groups in total. The van der Waals surface area contributed by atoms with Gasteiger partial charge in [-0.1, -0.05) is 17.7 Å². The van der Waals surface area contributed by atoms with Crippen molar-refractivity contribution in [2.75, 3.05) is 7.05 Å². The van der Waals surface area contributed by atoms with Gasteiger partial charge in [0.25, 0.3) is 5.91 Å². The summed E-state index contributed by atoms with van der Waals surface area (Å²) in [6, 6.07) is 7.71. The Morgan fingerprint density at radius 2 is 2.00 bits per heavy atom. The fraction of sp³-hybridized carbons (Fsp3) is 0.500. The molecule has 1 fully saturated rings. The number of halogens is 1. The van der Waals surface area contributed by atoms with E-state index in [2.05, 4.69) is 0 Å². The zero-order chi connectivity index (χ0) is 13.1. The molecule has 18 heavy (non-hydrogen) atoms. The van der Waals surface area contributed by atoms with Gasteiger partial charge in [-0.05, 0) is 43.9 Å². The van der Waals surface area contributed by atoms with Gasteiger partial charge in [0.15, 0.2) is 0 Å². The first-order valence-electron chi connectivity index (χ1n) is 6.36. The second-order valence-electron chi connectivity index (χ2n) is 5.00. The van der Waals surface area contributed by atoms with Crippen LogP contribution in [0.2, 0.25) is 5.02 Å². The number of rotatable bonds is 2.